The largest absolute Gasteiger partial charge is 0.346 e. The Hall–Kier alpha value is -0.210. The Bertz CT molecular complexity index is 943. The van der Waals surface area contributed by atoms with Crippen LogP contribution in [0, 0.1) is 23.7 Å². The highest BCUT2D eigenvalue weighted by molar-refractivity contribution is 8.18. The Morgan fingerprint density at radius 3 is 2.31 bits per heavy atom. The van der Waals surface area contributed by atoms with Crippen molar-refractivity contribution >= 4 is 33.4 Å². The second-order valence-corrected chi connectivity index (χ2v) is 17.2. The fraction of sp³-hybridized carbons (Fsp3) is 0.793. The average Bonchev–Trinajstić information content (AvgIpc) is 2.86. The maximum Gasteiger partial charge on any atom is 0.178 e. The van der Waals surface area contributed by atoms with E-state index >= 15 is 0 Å². The molecule has 0 amide bonds. The third kappa shape index (κ3) is 6.67. The second-order valence-electron chi connectivity index (χ2n) is 11.8. The van der Waals surface area contributed by atoms with Crippen LogP contribution in [-0.4, -0.2) is 47.8 Å². The van der Waals surface area contributed by atoms with Crippen molar-refractivity contribution in [2.75, 3.05) is 17.3 Å². The maximum absolute atomic E-state index is 13.1. The highest BCUT2D eigenvalue weighted by atomic mass is 32.2. The maximum atomic E-state index is 13.1. The summed E-state index contributed by atoms with van der Waals surface area (Å²) in [6.07, 6.45) is 7.61. The summed E-state index contributed by atoms with van der Waals surface area (Å²) >= 11 is 4.27. The van der Waals surface area contributed by atoms with Gasteiger partial charge in [0, 0.05) is 12.8 Å². The number of thioether (sulfide) groups is 2. The van der Waals surface area contributed by atoms with Gasteiger partial charge < -0.3 is 9.47 Å². The molecule has 0 N–H and O–H groups in total. The van der Waals surface area contributed by atoms with Crippen molar-refractivity contribution in [1.29, 1.82) is 0 Å². The van der Waals surface area contributed by atoms with Crippen molar-refractivity contribution in [3.63, 3.8) is 0 Å². The zero-order chi connectivity index (χ0) is 26.0. The molecule has 3 heterocycles. The first-order valence-electron chi connectivity index (χ1n) is 13.9. The van der Waals surface area contributed by atoms with Crippen molar-refractivity contribution in [2.45, 2.75) is 107 Å². The minimum absolute atomic E-state index is 0.0934. The van der Waals surface area contributed by atoms with Crippen molar-refractivity contribution in [1.82, 2.24) is 0 Å². The molecule has 36 heavy (non-hydrogen) atoms. The second kappa shape index (κ2) is 11.9. The van der Waals surface area contributed by atoms with E-state index in [1.807, 2.05) is 13.0 Å². The van der Waals surface area contributed by atoms with Gasteiger partial charge in [-0.25, -0.2) is 8.42 Å². The Labute approximate surface area is 228 Å². The quantitative estimate of drug-likeness (QED) is 0.333. The lowest BCUT2D eigenvalue weighted by atomic mass is 9.81. The number of benzene rings is 1. The van der Waals surface area contributed by atoms with Crippen molar-refractivity contribution in [3.05, 3.63) is 30.3 Å². The number of ether oxygens (including phenoxy) is 2. The summed E-state index contributed by atoms with van der Waals surface area (Å²) in [6, 6.07) is 8.81. The van der Waals surface area contributed by atoms with Gasteiger partial charge in [-0.2, -0.15) is 0 Å². The van der Waals surface area contributed by atoms with Crippen LogP contribution in [0.5, 0.6) is 0 Å². The summed E-state index contributed by atoms with van der Waals surface area (Å²) in [4.78, 5) is 0.398. The molecule has 7 atom stereocenters. The third-order valence-electron chi connectivity index (χ3n) is 8.86. The number of hydrogen-bond donors (Lipinski definition) is 0. The SMILES string of the molecule is C[C@H](CS(=O)(=O)c1ccccc1)[C@@H]1O[C@@]2(CC[C@@H](C)[C@H](CC[C@H](C)C3(C)SCCCS3)O2)CC[C@@H]1C. The van der Waals surface area contributed by atoms with Gasteiger partial charge in [-0.05, 0) is 86.3 Å². The molecule has 0 aromatic heterocycles. The van der Waals surface area contributed by atoms with E-state index in [9.17, 15) is 8.42 Å². The van der Waals surface area contributed by atoms with E-state index in [1.54, 1.807) is 24.3 Å². The van der Waals surface area contributed by atoms with Crippen molar-refractivity contribution in [2.24, 2.45) is 23.7 Å². The van der Waals surface area contributed by atoms with E-state index in [-0.39, 0.29) is 23.9 Å². The van der Waals surface area contributed by atoms with Gasteiger partial charge in [-0.1, -0.05) is 45.9 Å². The van der Waals surface area contributed by atoms with Gasteiger partial charge in [0.25, 0.3) is 0 Å². The molecule has 3 saturated heterocycles. The first-order valence-corrected chi connectivity index (χ1v) is 17.6. The molecule has 1 spiro atoms. The summed E-state index contributed by atoms with van der Waals surface area (Å²) in [5.74, 6) is 3.50. The van der Waals surface area contributed by atoms with Crippen LogP contribution in [0.1, 0.15) is 79.6 Å². The number of sulfone groups is 1. The molecule has 1 aromatic rings. The number of rotatable bonds is 8. The van der Waals surface area contributed by atoms with Crippen LogP contribution in [0.4, 0.5) is 0 Å². The zero-order valence-corrected chi connectivity index (χ0v) is 25.2. The Morgan fingerprint density at radius 2 is 1.64 bits per heavy atom. The van der Waals surface area contributed by atoms with Gasteiger partial charge in [0.15, 0.2) is 15.6 Å². The molecule has 4 nitrogen and oxygen atoms in total. The molecule has 0 radical (unpaired) electrons. The molecule has 4 rings (SSSR count). The molecule has 0 bridgehead atoms. The fourth-order valence-corrected chi connectivity index (χ4v) is 11.0. The molecule has 0 saturated carbocycles. The monoisotopic (exact) mass is 554 g/mol. The zero-order valence-electron chi connectivity index (χ0n) is 22.8. The lowest BCUT2D eigenvalue weighted by Crippen LogP contribution is -2.54. The molecule has 0 unspecified atom stereocenters. The van der Waals surface area contributed by atoms with E-state index in [1.165, 1.54) is 24.3 Å². The Kier molecular flexibility index (Phi) is 9.51. The normalized spacial score (nSPS) is 34.8. The lowest BCUT2D eigenvalue weighted by molar-refractivity contribution is -0.337. The van der Waals surface area contributed by atoms with Crippen LogP contribution in [-0.2, 0) is 19.3 Å². The van der Waals surface area contributed by atoms with Crippen molar-refractivity contribution in [3.8, 4) is 0 Å². The van der Waals surface area contributed by atoms with Gasteiger partial charge in [0.2, 0.25) is 0 Å². The van der Waals surface area contributed by atoms with Gasteiger partial charge >= 0.3 is 0 Å². The summed E-state index contributed by atoms with van der Waals surface area (Å²) in [6.45, 7) is 11.4. The molecule has 3 aliphatic heterocycles. The van der Waals surface area contributed by atoms with Crippen LogP contribution < -0.4 is 0 Å². The average molecular weight is 555 g/mol. The molecule has 0 aliphatic carbocycles. The summed E-state index contributed by atoms with van der Waals surface area (Å²) in [5.41, 5.74) is 0. The highest BCUT2D eigenvalue weighted by Gasteiger charge is 2.48. The topological polar surface area (TPSA) is 52.6 Å². The summed E-state index contributed by atoms with van der Waals surface area (Å²) in [5, 5.41) is 0. The lowest BCUT2D eigenvalue weighted by Gasteiger charge is -2.51. The summed E-state index contributed by atoms with van der Waals surface area (Å²) < 4.78 is 40.1. The standard InChI is InChI=1S/C29H46O4S3/c1-21-14-16-29(32-26(21)13-12-24(4)28(5)34-18-9-19-35-28)17-15-22(2)27(33-29)23(3)20-36(30,31)25-10-7-6-8-11-25/h6-8,10-11,21-24,26-27H,9,12-20H2,1-5H3/t21-,22+,23-,24+,26+,27-,29+/m1/s1. The smallest absolute Gasteiger partial charge is 0.178 e. The van der Waals surface area contributed by atoms with Crippen LogP contribution >= 0.6 is 23.5 Å². The fourth-order valence-electron chi connectivity index (χ4n) is 6.19. The van der Waals surface area contributed by atoms with Crippen LogP contribution in [0.15, 0.2) is 35.2 Å². The van der Waals surface area contributed by atoms with E-state index in [4.69, 9.17) is 9.47 Å². The molecule has 1 aromatic carbocycles. The third-order valence-corrected chi connectivity index (χ3v) is 14.5. The highest BCUT2D eigenvalue weighted by Crippen LogP contribution is 2.50. The minimum Gasteiger partial charge on any atom is -0.346 e. The van der Waals surface area contributed by atoms with Gasteiger partial charge in [-0.15, -0.1) is 23.5 Å². The minimum atomic E-state index is -3.35. The predicted molar refractivity (Wildman–Crippen MR) is 153 cm³/mol. The van der Waals surface area contributed by atoms with Gasteiger partial charge in [0.1, 0.15) is 0 Å². The molecule has 3 fully saturated rings. The van der Waals surface area contributed by atoms with Crippen LogP contribution in [0.3, 0.4) is 0 Å². The molecular formula is C29H46O4S3. The molecular weight excluding hydrogens is 509 g/mol. The molecule has 204 valence electrons. The predicted octanol–water partition coefficient (Wildman–Crippen LogP) is 7.43. The van der Waals surface area contributed by atoms with E-state index in [0.717, 1.165) is 32.1 Å². The molecule has 3 aliphatic rings. The van der Waals surface area contributed by atoms with E-state index in [0.29, 0.717) is 26.7 Å². The first-order chi connectivity index (χ1) is 17.0. The molecule has 7 heteroatoms. The summed E-state index contributed by atoms with van der Waals surface area (Å²) in [7, 11) is -3.35. The van der Waals surface area contributed by atoms with Crippen molar-refractivity contribution < 1.29 is 17.9 Å². The first kappa shape index (κ1) is 28.8. The van der Waals surface area contributed by atoms with Gasteiger partial charge in [0.05, 0.1) is 26.9 Å². The van der Waals surface area contributed by atoms with Crippen LogP contribution in [0.25, 0.3) is 0 Å². The van der Waals surface area contributed by atoms with E-state index < -0.39 is 15.6 Å². The Balaban J connectivity index is 1.39. The number of hydrogen-bond acceptors (Lipinski definition) is 6. The Morgan fingerprint density at radius 1 is 1.00 bits per heavy atom. The van der Waals surface area contributed by atoms with Crippen LogP contribution in [0.2, 0.25) is 0 Å². The van der Waals surface area contributed by atoms with Gasteiger partial charge in [-0.3, -0.25) is 0 Å². The van der Waals surface area contributed by atoms with E-state index in [2.05, 4.69) is 51.2 Å².